The number of anilines is 1. The van der Waals surface area contributed by atoms with E-state index in [1.165, 1.54) is 0 Å². The van der Waals surface area contributed by atoms with Crippen LogP contribution in [0.1, 0.15) is 25.7 Å². The topological polar surface area (TPSA) is 46.6 Å². The molecule has 1 saturated carbocycles. The smallest absolute Gasteiger partial charge is 0.227 e. The van der Waals surface area contributed by atoms with Gasteiger partial charge in [-0.05, 0) is 43.5 Å². The summed E-state index contributed by atoms with van der Waals surface area (Å²) in [6.45, 7) is 0.950. The van der Waals surface area contributed by atoms with Crippen LogP contribution in [-0.4, -0.2) is 24.8 Å². The largest absolute Gasteiger partial charge is 0.486 e. The van der Waals surface area contributed by atoms with Crippen molar-refractivity contribution >= 4 is 17.4 Å². The Morgan fingerprint density at radius 1 is 1.26 bits per heavy atom. The van der Waals surface area contributed by atoms with Gasteiger partial charge in [0.15, 0.2) is 5.78 Å². The van der Waals surface area contributed by atoms with Gasteiger partial charge in [-0.25, -0.2) is 0 Å². The first-order chi connectivity index (χ1) is 9.24. The molecule has 1 aliphatic carbocycles. The Hall–Kier alpha value is -1.84. The highest BCUT2D eigenvalue weighted by atomic mass is 16.5. The Morgan fingerprint density at radius 2 is 2.00 bits per heavy atom. The second kappa shape index (κ2) is 5.03. The number of carbonyl (C=O) groups is 2. The highest BCUT2D eigenvalue weighted by Crippen LogP contribution is 2.30. The number of carbonyl (C=O) groups excluding carboxylic acids is 2. The minimum atomic E-state index is 0.159. The van der Waals surface area contributed by atoms with Crippen LogP contribution < -0.4 is 9.64 Å². The van der Waals surface area contributed by atoms with Gasteiger partial charge in [0.1, 0.15) is 12.4 Å². The molecule has 0 bridgehead atoms. The summed E-state index contributed by atoms with van der Waals surface area (Å²) in [5.41, 5.74) is 0.906. The molecule has 100 valence electrons. The van der Waals surface area contributed by atoms with Gasteiger partial charge in [0.2, 0.25) is 5.91 Å². The van der Waals surface area contributed by atoms with Crippen molar-refractivity contribution in [1.82, 2.24) is 0 Å². The van der Waals surface area contributed by atoms with Crippen molar-refractivity contribution in [2.24, 2.45) is 5.92 Å². The van der Waals surface area contributed by atoms with Crippen molar-refractivity contribution in [1.29, 1.82) is 0 Å². The van der Waals surface area contributed by atoms with E-state index in [-0.39, 0.29) is 24.2 Å². The number of hydrogen-bond donors (Lipinski definition) is 0. The van der Waals surface area contributed by atoms with E-state index in [2.05, 4.69) is 0 Å². The number of amides is 1. The van der Waals surface area contributed by atoms with Crippen LogP contribution in [0.15, 0.2) is 24.3 Å². The SMILES string of the molecule is O=C(COc1ccc(N2CCCC2=O)cc1)C1CC1. The fourth-order valence-corrected chi connectivity index (χ4v) is 2.32. The second-order valence-corrected chi connectivity index (χ2v) is 5.17. The Bertz CT molecular complexity index is 491. The third kappa shape index (κ3) is 2.78. The van der Waals surface area contributed by atoms with E-state index >= 15 is 0 Å². The predicted molar refractivity (Wildman–Crippen MR) is 71.3 cm³/mol. The standard InChI is InChI=1S/C15H17NO3/c17-14(11-3-4-11)10-19-13-7-5-12(6-8-13)16-9-1-2-15(16)18/h5-8,11H,1-4,9-10H2. The minimum Gasteiger partial charge on any atom is -0.486 e. The first kappa shape index (κ1) is 12.2. The average molecular weight is 259 g/mol. The summed E-state index contributed by atoms with van der Waals surface area (Å²) in [6.07, 6.45) is 3.58. The lowest BCUT2D eigenvalue weighted by atomic mass is 10.2. The maximum Gasteiger partial charge on any atom is 0.227 e. The number of benzene rings is 1. The summed E-state index contributed by atoms with van der Waals surface area (Å²) < 4.78 is 5.46. The highest BCUT2D eigenvalue weighted by molar-refractivity contribution is 5.95. The molecule has 3 rings (SSSR count). The third-order valence-corrected chi connectivity index (χ3v) is 3.64. The number of Topliss-reactive ketones (excluding diaryl/α,β-unsaturated/α-hetero) is 1. The molecule has 1 aliphatic heterocycles. The molecule has 0 spiro atoms. The molecule has 1 saturated heterocycles. The molecule has 19 heavy (non-hydrogen) atoms. The summed E-state index contributed by atoms with van der Waals surface area (Å²) in [7, 11) is 0. The molecule has 0 radical (unpaired) electrons. The maximum absolute atomic E-state index is 11.6. The van der Waals surface area contributed by atoms with E-state index < -0.39 is 0 Å². The molecule has 1 aromatic carbocycles. The van der Waals surface area contributed by atoms with Crippen molar-refractivity contribution in [3.05, 3.63) is 24.3 Å². The van der Waals surface area contributed by atoms with E-state index in [1.807, 2.05) is 24.3 Å². The monoisotopic (exact) mass is 259 g/mol. The quantitative estimate of drug-likeness (QED) is 0.814. The van der Waals surface area contributed by atoms with Crippen LogP contribution in [-0.2, 0) is 9.59 Å². The minimum absolute atomic E-state index is 0.159. The number of hydrogen-bond acceptors (Lipinski definition) is 3. The zero-order valence-corrected chi connectivity index (χ0v) is 10.8. The van der Waals surface area contributed by atoms with Crippen molar-refractivity contribution in [2.75, 3.05) is 18.1 Å². The molecule has 1 heterocycles. The second-order valence-electron chi connectivity index (χ2n) is 5.17. The molecule has 2 fully saturated rings. The number of ether oxygens (including phenoxy) is 1. The first-order valence-electron chi connectivity index (χ1n) is 6.80. The molecule has 2 aliphatic rings. The molecular weight excluding hydrogens is 242 g/mol. The molecule has 0 unspecified atom stereocenters. The van der Waals surface area contributed by atoms with Crippen LogP contribution >= 0.6 is 0 Å². The van der Waals surface area contributed by atoms with Crippen LogP contribution in [0.3, 0.4) is 0 Å². The summed E-state index contributed by atoms with van der Waals surface area (Å²) in [5.74, 6) is 1.29. The fourth-order valence-electron chi connectivity index (χ4n) is 2.32. The van der Waals surface area contributed by atoms with Gasteiger partial charge < -0.3 is 9.64 Å². The molecule has 1 amide bonds. The van der Waals surface area contributed by atoms with Gasteiger partial charge in [-0.2, -0.15) is 0 Å². The van der Waals surface area contributed by atoms with E-state index in [0.29, 0.717) is 12.2 Å². The molecule has 0 atom stereocenters. The molecule has 0 aromatic heterocycles. The first-order valence-corrected chi connectivity index (χ1v) is 6.80. The number of ketones is 1. The normalized spacial score (nSPS) is 18.7. The molecule has 4 heteroatoms. The molecule has 4 nitrogen and oxygen atoms in total. The van der Waals surface area contributed by atoms with Crippen molar-refractivity contribution in [3.8, 4) is 5.75 Å². The van der Waals surface area contributed by atoms with Gasteiger partial charge in [0.25, 0.3) is 0 Å². The zero-order valence-electron chi connectivity index (χ0n) is 10.8. The van der Waals surface area contributed by atoms with Crippen LogP contribution in [0.5, 0.6) is 5.75 Å². The van der Waals surface area contributed by atoms with E-state index in [1.54, 1.807) is 4.90 Å². The Labute approximate surface area is 112 Å². The van der Waals surface area contributed by atoms with Gasteiger partial charge in [0.05, 0.1) is 0 Å². The van der Waals surface area contributed by atoms with Crippen LogP contribution in [0, 0.1) is 5.92 Å². The van der Waals surface area contributed by atoms with Gasteiger partial charge in [0, 0.05) is 24.6 Å². The number of nitrogens with zero attached hydrogens (tertiary/aromatic N) is 1. The lowest BCUT2D eigenvalue weighted by Crippen LogP contribution is -2.23. The fraction of sp³-hybridized carbons (Fsp3) is 0.467. The number of rotatable bonds is 5. The molecule has 0 N–H and O–H groups in total. The third-order valence-electron chi connectivity index (χ3n) is 3.64. The lowest BCUT2D eigenvalue weighted by Gasteiger charge is -2.16. The summed E-state index contributed by atoms with van der Waals surface area (Å²) in [5, 5.41) is 0. The van der Waals surface area contributed by atoms with Crippen LogP contribution in [0.2, 0.25) is 0 Å². The van der Waals surface area contributed by atoms with Crippen LogP contribution in [0.25, 0.3) is 0 Å². The lowest BCUT2D eigenvalue weighted by molar-refractivity contribution is -0.122. The summed E-state index contributed by atoms with van der Waals surface area (Å²) >= 11 is 0. The predicted octanol–water partition coefficient (Wildman–Crippen LogP) is 2.17. The van der Waals surface area contributed by atoms with E-state index in [0.717, 1.165) is 31.5 Å². The summed E-state index contributed by atoms with van der Waals surface area (Å²) in [4.78, 5) is 24.9. The van der Waals surface area contributed by atoms with E-state index in [4.69, 9.17) is 4.74 Å². The zero-order chi connectivity index (χ0) is 13.2. The molecular formula is C15H17NO3. The summed E-state index contributed by atoms with van der Waals surface area (Å²) in [6, 6.07) is 7.39. The van der Waals surface area contributed by atoms with Gasteiger partial charge in [-0.3, -0.25) is 9.59 Å². The van der Waals surface area contributed by atoms with E-state index in [9.17, 15) is 9.59 Å². The van der Waals surface area contributed by atoms with Crippen molar-refractivity contribution in [3.63, 3.8) is 0 Å². The van der Waals surface area contributed by atoms with Gasteiger partial charge in [-0.1, -0.05) is 0 Å². The molecule has 1 aromatic rings. The van der Waals surface area contributed by atoms with Gasteiger partial charge in [-0.15, -0.1) is 0 Å². The highest BCUT2D eigenvalue weighted by Gasteiger charge is 2.29. The van der Waals surface area contributed by atoms with Crippen LogP contribution in [0.4, 0.5) is 5.69 Å². The van der Waals surface area contributed by atoms with Crippen molar-refractivity contribution in [2.45, 2.75) is 25.7 Å². The maximum atomic E-state index is 11.6. The van der Waals surface area contributed by atoms with Crippen molar-refractivity contribution < 1.29 is 14.3 Å². The Balaban J connectivity index is 1.58. The van der Waals surface area contributed by atoms with Gasteiger partial charge >= 0.3 is 0 Å². The Morgan fingerprint density at radius 3 is 2.58 bits per heavy atom. The average Bonchev–Trinajstić information content (AvgIpc) is 3.19. The Kier molecular flexibility index (Phi) is 3.23.